The molecule has 94 valence electrons. The lowest BCUT2D eigenvalue weighted by molar-refractivity contribution is 0.101. The average molecular weight is 248 g/mol. The number of rotatable bonds is 2. The molecule has 0 unspecified atom stereocenters. The third kappa shape index (κ3) is 1.79. The van der Waals surface area contributed by atoms with Crippen LogP contribution in [0.3, 0.4) is 0 Å². The van der Waals surface area contributed by atoms with Crippen LogP contribution in [0.25, 0.3) is 5.69 Å². The van der Waals surface area contributed by atoms with E-state index in [-0.39, 0.29) is 5.56 Å². The number of carbonyl (C=O) groups is 1. The summed E-state index contributed by atoms with van der Waals surface area (Å²) in [5.41, 5.74) is -0.390. The van der Waals surface area contributed by atoms with Crippen molar-refractivity contribution in [2.75, 3.05) is 0 Å². The minimum atomic E-state index is -0.637. The molecule has 0 radical (unpaired) electrons. The molecule has 2 rings (SSSR count). The fourth-order valence-corrected chi connectivity index (χ4v) is 1.75. The van der Waals surface area contributed by atoms with E-state index in [2.05, 4.69) is 10.1 Å². The van der Waals surface area contributed by atoms with Crippen molar-refractivity contribution in [2.24, 2.45) is 7.05 Å². The molecule has 2 aromatic heterocycles. The highest BCUT2D eigenvalue weighted by Crippen LogP contribution is 2.06. The highest BCUT2D eigenvalue weighted by Gasteiger charge is 2.15. The zero-order chi connectivity index (χ0) is 13.4. The fourth-order valence-electron chi connectivity index (χ4n) is 1.75. The summed E-state index contributed by atoms with van der Waals surface area (Å²) in [4.78, 5) is 37.5. The monoisotopic (exact) mass is 248 g/mol. The molecule has 0 aliphatic rings. The van der Waals surface area contributed by atoms with Crippen molar-refractivity contribution in [2.45, 2.75) is 13.8 Å². The molecule has 2 aromatic rings. The summed E-state index contributed by atoms with van der Waals surface area (Å²) < 4.78 is 2.41. The van der Waals surface area contributed by atoms with Gasteiger partial charge in [0, 0.05) is 19.4 Å². The van der Waals surface area contributed by atoms with Crippen LogP contribution in [0.15, 0.2) is 22.0 Å². The molecular formula is C11H12N4O3. The van der Waals surface area contributed by atoms with Crippen LogP contribution in [0.4, 0.5) is 0 Å². The summed E-state index contributed by atoms with van der Waals surface area (Å²) >= 11 is 0. The van der Waals surface area contributed by atoms with Gasteiger partial charge in [-0.1, -0.05) is 0 Å². The molecular weight excluding hydrogens is 236 g/mol. The molecule has 0 saturated carbocycles. The van der Waals surface area contributed by atoms with Crippen LogP contribution in [0.2, 0.25) is 0 Å². The maximum atomic E-state index is 12.1. The van der Waals surface area contributed by atoms with Crippen LogP contribution < -0.4 is 11.2 Å². The van der Waals surface area contributed by atoms with Gasteiger partial charge in [-0.05, 0) is 13.8 Å². The third-order valence-electron chi connectivity index (χ3n) is 2.58. The molecule has 18 heavy (non-hydrogen) atoms. The SMILES string of the molecule is CC(=O)c1c[nH]c(=O)n(-c2cn(C)nc2C)c1=O. The highest BCUT2D eigenvalue weighted by molar-refractivity contribution is 5.93. The maximum Gasteiger partial charge on any atom is 0.333 e. The molecule has 7 heteroatoms. The molecule has 0 aliphatic carbocycles. The van der Waals surface area contributed by atoms with Crippen LogP contribution in [-0.4, -0.2) is 25.1 Å². The van der Waals surface area contributed by atoms with Crippen molar-refractivity contribution in [1.29, 1.82) is 0 Å². The first-order chi connectivity index (χ1) is 8.41. The smallest absolute Gasteiger partial charge is 0.313 e. The second kappa shape index (κ2) is 4.10. The number of hydrogen-bond acceptors (Lipinski definition) is 4. The van der Waals surface area contributed by atoms with Gasteiger partial charge in [-0.3, -0.25) is 14.3 Å². The van der Waals surface area contributed by atoms with E-state index in [1.165, 1.54) is 11.6 Å². The minimum absolute atomic E-state index is 0.0575. The molecule has 0 fully saturated rings. The lowest BCUT2D eigenvalue weighted by Gasteiger charge is -2.03. The summed E-state index contributed by atoms with van der Waals surface area (Å²) in [6.07, 6.45) is 2.69. The predicted octanol–water partition coefficient (Wildman–Crippen LogP) is -0.230. The molecule has 0 atom stereocenters. The Morgan fingerprint density at radius 3 is 2.56 bits per heavy atom. The largest absolute Gasteiger partial charge is 0.333 e. The van der Waals surface area contributed by atoms with E-state index in [9.17, 15) is 14.4 Å². The lowest BCUT2D eigenvalue weighted by atomic mass is 10.2. The van der Waals surface area contributed by atoms with Gasteiger partial charge < -0.3 is 4.98 Å². The second-order valence-electron chi connectivity index (χ2n) is 3.98. The van der Waals surface area contributed by atoms with Gasteiger partial charge in [-0.2, -0.15) is 5.10 Å². The number of aromatic nitrogens is 4. The fraction of sp³-hybridized carbons (Fsp3) is 0.273. The zero-order valence-corrected chi connectivity index (χ0v) is 10.2. The third-order valence-corrected chi connectivity index (χ3v) is 2.58. The Kier molecular flexibility index (Phi) is 2.74. The van der Waals surface area contributed by atoms with Gasteiger partial charge in [0.15, 0.2) is 5.78 Å². The number of aromatic amines is 1. The van der Waals surface area contributed by atoms with Crippen molar-refractivity contribution < 1.29 is 4.79 Å². The zero-order valence-electron chi connectivity index (χ0n) is 10.2. The van der Waals surface area contributed by atoms with Gasteiger partial charge in [0.1, 0.15) is 0 Å². The van der Waals surface area contributed by atoms with E-state index in [1.807, 2.05) is 0 Å². The Hall–Kier alpha value is -2.44. The van der Waals surface area contributed by atoms with E-state index in [0.717, 1.165) is 10.8 Å². The number of hydrogen-bond donors (Lipinski definition) is 1. The van der Waals surface area contributed by atoms with Crippen LogP contribution in [0, 0.1) is 6.92 Å². The van der Waals surface area contributed by atoms with Gasteiger partial charge in [0.25, 0.3) is 5.56 Å². The standard InChI is InChI=1S/C11H12N4O3/c1-6-9(5-14(3)13-6)15-10(17)8(7(2)16)4-12-11(15)18/h4-5H,1-3H3,(H,12,18). The molecule has 7 nitrogen and oxygen atoms in total. The van der Waals surface area contributed by atoms with Crippen molar-refractivity contribution in [3.05, 3.63) is 44.5 Å². The summed E-state index contributed by atoms with van der Waals surface area (Å²) in [6, 6.07) is 0. The topological polar surface area (TPSA) is 89.8 Å². The number of nitrogens with one attached hydrogen (secondary N) is 1. The summed E-state index contributed by atoms with van der Waals surface area (Å²) in [7, 11) is 1.69. The number of aryl methyl sites for hydroxylation is 2. The normalized spacial score (nSPS) is 10.6. The number of ketones is 1. The van der Waals surface area contributed by atoms with Crippen molar-refractivity contribution >= 4 is 5.78 Å². The molecule has 0 spiro atoms. The van der Waals surface area contributed by atoms with E-state index < -0.39 is 17.0 Å². The van der Waals surface area contributed by atoms with Crippen LogP contribution in [0.5, 0.6) is 0 Å². The number of carbonyl (C=O) groups excluding carboxylic acids is 1. The molecule has 0 aromatic carbocycles. The molecule has 2 heterocycles. The summed E-state index contributed by atoms with van der Waals surface area (Å²) in [5.74, 6) is -0.397. The molecule has 0 aliphatic heterocycles. The van der Waals surface area contributed by atoms with Crippen molar-refractivity contribution in [1.82, 2.24) is 19.3 Å². The van der Waals surface area contributed by atoms with E-state index in [0.29, 0.717) is 11.4 Å². The van der Waals surface area contributed by atoms with Crippen LogP contribution >= 0.6 is 0 Å². The van der Waals surface area contributed by atoms with E-state index >= 15 is 0 Å². The second-order valence-corrected chi connectivity index (χ2v) is 3.98. The Morgan fingerprint density at radius 1 is 1.39 bits per heavy atom. The number of Topliss-reactive ketones (excluding diaryl/α,β-unsaturated/α-hetero) is 1. The highest BCUT2D eigenvalue weighted by atomic mass is 16.2. The van der Waals surface area contributed by atoms with Crippen molar-refractivity contribution in [3.63, 3.8) is 0 Å². The van der Waals surface area contributed by atoms with Crippen LogP contribution in [-0.2, 0) is 7.05 Å². The first kappa shape index (κ1) is 12.0. The van der Waals surface area contributed by atoms with Gasteiger partial charge in [-0.25, -0.2) is 9.36 Å². The number of nitrogens with zero attached hydrogens (tertiary/aromatic N) is 3. The maximum absolute atomic E-state index is 12.1. The first-order valence-corrected chi connectivity index (χ1v) is 5.28. The van der Waals surface area contributed by atoms with Crippen molar-refractivity contribution in [3.8, 4) is 5.69 Å². The van der Waals surface area contributed by atoms with E-state index in [4.69, 9.17) is 0 Å². The Labute approximate surface area is 102 Å². The Balaban J connectivity index is 2.83. The predicted molar refractivity (Wildman–Crippen MR) is 64.2 cm³/mol. The van der Waals surface area contributed by atoms with E-state index in [1.54, 1.807) is 20.2 Å². The summed E-state index contributed by atoms with van der Waals surface area (Å²) in [6.45, 7) is 2.96. The number of H-pyrrole nitrogens is 1. The quantitative estimate of drug-likeness (QED) is 0.743. The molecule has 1 N–H and O–H groups in total. The van der Waals surface area contributed by atoms with Gasteiger partial charge in [0.2, 0.25) is 0 Å². The minimum Gasteiger partial charge on any atom is -0.313 e. The summed E-state index contributed by atoms with van der Waals surface area (Å²) in [5, 5.41) is 4.06. The molecule has 0 amide bonds. The molecule has 0 saturated heterocycles. The van der Waals surface area contributed by atoms with Gasteiger partial charge >= 0.3 is 5.69 Å². The Bertz CT molecular complexity index is 735. The van der Waals surface area contributed by atoms with Crippen LogP contribution in [0.1, 0.15) is 23.0 Å². The van der Waals surface area contributed by atoms with Gasteiger partial charge in [0.05, 0.1) is 16.9 Å². The first-order valence-electron chi connectivity index (χ1n) is 5.28. The van der Waals surface area contributed by atoms with Gasteiger partial charge in [-0.15, -0.1) is 0 Å². The lowest BCUT2D eigenvalue weighted by Crippen LogP contribution is -2.36. The molecule has 0 bridgehead atoms. The Morgan fingerprint density at radius 2 is 2.06 bits per heavy atom. The average Bonchev–Trinajstić information content (AvgIpc) is 2.57.